The van der Waals surface area contributed by atoms with E-state index >= 15 is 0 Å². The monoisotopic (exact) mass is 448 g/mol. The van der Waals surface area contributed by atoms with E-state index < -0.39 is 28.3 Å². The molecular weight excluding hydrogens is 424 g/mol. The van der Waals surface area contributed by atoms with Gasteiger partial charge < -0.3 is 16.2 Å². The van der Waals surface area contributed by atoms with Crippen LogP contribution in [0.1, 0.15) is 22.8 Å². The number of rotatable bonds is 8. The fourth-order valence-electron chi connectivity index (χ4n) is 3.12. The van der Waals surface area contributed by atoms with Gasteiger partial charge in [0, 0.05) is 11.3 Å². The highest BCUT2D eigenvalue weighted by Gasteiger charge is 2.26. The van der Waals surface area contributed by atoms with Crippen LogP contribution in [0.3, 0.4) is 0 Å². The number of hydrogen-bond donors (Lipinski definition) is 3. The largest absolute Gasteiger partial charge is 0.480 e. The molecule has 0 bridgehead atoms. The Bertz CT molecular complexity index is 1100. The summed E-state index contributed by atoms with van der Waals surface area (Å²) in [4.78, 5) is 36.7. The second-order valence-electron chi connectivity index (χ2n) is 7.35. The molecule has 4 N–H and O–H groups in total. The van der Waals surface area contributed by atoms with E-state index in [4.69, 9.17) is 5.73 Å². The number of nitrogens with one attached hydrogen (secondary N) is 1. The number of carbonyl (C=O) groups is 3. The summed E-state index contributed by atoms with van der Waals surface area (Å²) in [6.07, 6.45) is 0.191. The number of carbonyl (C=O) groups excluding carboxylic acids is 2. The number of amides is 1. The van der Waals surface area contributed by atoms with E-state index in [0.29, 0.717) is 11.3 Å². The van der Waals surface area contributed by atoms with Crippen LogP contribution in [0.15, 0.2) is 78.9 Å². The molecule has 1 amide bonds. The summed E-state index contributed by atoms with van der Waals surface area (Å²) in [5.74, 6) is -1.52. The summed E-state index contributed by atoms with van der Waals surface area (Å²) in [6, 6.07) is 23.0. The van der Waals surface area contributed by atoms with Crippen LogP contribution < -0.4 is 11.1 Å². The van der Waals surface area contributed by atoms with E-state index in [1.54, 1.807) is 18.2 Å². The molecule has 3 aromatic carbocycles. The van der Waals surface area contributed by atoms with E-state index in [9.17, 15) is 19.5 Å². The van der Waals surface area contributed by atoms with Crippen LogP contribution in [-0.4, -0.2) is 33.4 Å². The summed E-state index contributed by atoms with van der Waals surface area (Å²) in [6.45, 7) is 1.53. The zero-order chi connectivity index (χ0) is 23.1. The van der Waals surface area contributed by atoms with Crippen molar-refractivity contribution >= 4 is 34.4 Å². The first kappa shape index (κ1) is 23.1. The van der Waals surface area contributed by atoms with E-state index in [0.717, 1.165) is 28.5 Å². The van der Waals surface area contributed by atoms with Gasteiger partial charge in [-0.3, -0.25) is 14.4 Å². The van der Waals surface area contributed by atoms with Crippen LogP contribution in [0.25, 0.3) is 11.1 Å². The van der Waals surface area contributed by atoms with Gasteiger partial charge in [-0.1, -0.05) is 72.4 Å². The van der Waals surface area contributed by atoms with E-state index in [2.05, 4.69) is 5.32 Å². The molecular formula is C25H24N2O4S. The predicted octanol–water partition coefficient (Wildman–Crippen LogP) is 4.01. The first-order valence-electron chi connectivity index (χ1n) is 10.1. The Balaban J connectivity index is 1.61. The Morgan fingerprint density at radius 3 is 2.22 bits per heavy atom. The van der Waals surface area contributed by atoms with E-state index in [1.807, 2.05) is 54.6 Å². The summed E-state index contributed by atoms with van der Waals surface area (Å²) in [7, 11) is 0. The minimum atomic E-state index is -1.08. The molecule has 164 valence electrons. The number of carboxylic acid groups (broad SMARTS) is 1. The summed E-state index contributed by atoms with van der Waals surface area (Å²) in [5.41, 5.74) is 9.38. The van der Waals surface area contributed by atoms with Gasteiger partial charge in [0.2, 0.25) is 5.12 Å². The number of anilines is 1. The second-order valence-corrected chi connectivity index (χ2v) is 8.56. The lowest BCUT2D eigenvalue weighted by Crippen LogP contribution is -2.38. The molecule has 3 rings (SSSR count). The lowest BCUT2D eigenvalue weighted by atomic mass is 10.0. The predicted molar refractivity (Wildman–Crippen MR) is 127 cm³/mol. The maximum atomic E-state index is 12.6. The minimum absolute atomic E-state index is 0.191. The third kappa shape index (κ3) is 6.21. The fraction of sp³-hybridized carbons (Fsp3) is 0.160. The average Bonchev–Trinajstić information content (AvgIpc) is 2.79. The maximum Gasteiger partial charge on any atom is 0.317 e. The van der Waals surface area contributed by atoms with Gasteiger partial charge in [-0.05, 0) is 48.2 Å². The van der Waals surface area contributed by atoms with Gasteiger partial charge in [-0.2, -0.15) is 0 Å². The molecule has 0 unspecified atom stereocenters. The number of benzene rings is 3. The fourth-order valence-corrected chi connectivity index (χ4v) is 4.04. The molecule has 0 aliphatic rings. The molecule has 0 aromatic heterocycles. The maximum absolute atomic E-state index is 12.6. The number of carboxylic acids is 1. The van der Waals surface area contributed by atoms with Crippen molar-refractivity contribution in [3.63, 3.8) is 0 Å². The van der Waals surface area contributed by atoms with Gasteiger partial charge in [0.05, 0.1) is 6.04 Å². The van der Waals surface area contributed by atoms with E-state index in [-0.39, 0.29) is 6.42 Å². The highest BCUT2D eigenvalue weighted by Crippen LogP contribution is 2.23. The molecule has 0 heterocycles. The number of thioether (sulfide) groups is 1. The highest BCUT2D eigenvalue weighted by atomic mass is 32.2. The quantitative estimate of drug-likeness (QED) is 0.449. The number of hydrogen-bond acceptors (Lipinski definition) is 5. The molecule has 3 aromatic rings. The molecule has 0 spiro atoms. The second kappa shape index (κ2) is 10.6. The topological polar surface area (TPSA) is 109 Å². The Hall–Kier alpha value is -3.58. The summed E-state index contributed by atoms with van der Waals surface area (Å²) < 4.78 is 0. The Kier molecular flexibility index (Phi) is 7.68. The molecule has 6 nitrogen and oxygen atoms in total. The van der Waals surface area contributed by atoms with Crippen molar-refractivity contribution in [1.82, 2.24) is 5.32 Å². The Morgan fingerprint density at radius 1 is 0.938 bits per heavy atom. The SMILES string of the molecule is C[C@@H](NC(=O)c1cccc(N)c1)C(=O)S[C@H](Cc1ccc(-c2ccccc2)cc1)C(=O)O. The first-order chi connectivity index (χ1) is 15.3. The van der Waals surface area contributed by atoms with Gasteiger partial charge >= 0.3 is 5.97 Å². The van der Waals surface area contributed by atoms with Crippen molar-refractivity contribution < 1.29 is 19.5 Å². The van der Waals surface area contributed by atoms with Crippen molar-refractivity contribution in [2.45, 2.75) is 24.6 Å². The Labute approximate surface area is 190 Å². The molecule has 0 radical (unpaired) electrons. The smallest absolute Gasteiger partial charge is 0.317 e. The molecule has 0 saturated heterocycles. The van der Waals surface area contributed by atoms with Crippen molar-refractivity contribution in [1.29, 1.82) is 0 Å². The van der Waals surface area contributed by atoms with Crippen molar-refractivity contribution in [2.24, 2.45) is 0 Å². The minimum Gasteiger partial charge on any atom is -0.480 e. The summed E-state index contributed by atoms with van der Waals surface area (Å²) in [5, 5.41) is 10.8. The van der Waals surface area contributed by atoms with Crippen molar-refractivity contribution in [3.8, 4) is 11.1 Å². The van der Waals surface area contributed by atoms with Crippen LogP contribution in [0, 0.1) is 0 Å². The third-order valence-corrected chi connectivity index (χ3v) is 6.10. The molecule has 32 heavy (non-hydrogen) atoms. The van der Waals surface area contributed by atoms with E-state index in [1.165, 1.54) is 13.0 Å². The van der Waals surface area contributed by atoms with Crippen LogP contribution in [0.4, 0.5) is 5.69 Å². The number of aliphatic carboxylic acids is 1. The average molecular weight is 449 g/mol. The van der Waals surface area contributed by atoms with Gasteiger partial charge in [-0.25, -0.2) is 0 Å². The zero-order valence-corrected chi connectivity index (χ0v) is 18.3. The van der Waals surface area contributed by atoms with Crippen LogP contribution in [-0.2, 0) is 16.0 Å². The normalized spacial score (nSPS) is 12.5. The molecule has 7 heteroatoms. The molecule has 2 atom stereocenters. The lowest BCUT2D eigenvalue weighted by Gasteiger charge is -2.16. The standard InChI is InChI=1S/C25H24N2O4S/c1-16(27-23(28)20-8-5-9-21(26)15-20)25(31)32-22(24(29)30)14-17-10-12-19(13-11-17)18-6-3-2-4-7-18/h2-13,15-16,22H,14,26H2,1H3,(H,27,28)(H,29,30)/t16-,22-/m1/s1. The van der Waals surface area contributed by atoms with Gasteiger partial charge in [0.15, 0.2) is 0 Å². The third-order valence-electron chi connectivity index (χ3n) is 4.87. The van der Waals surface area contributed by atoms with Gasteiger partial charge in [0.25, 0.3) is 5.91 Å². The lowest BCUT2D eigenvalue weighted by molar-refractivity contribution is -0.136. The molecule has 0 fully saturated rings. The zero-order valence-electron chi connectivity index (χ0n) is 17.5. The molecule has 0 saturated carbocycles. The first-order valence-corrected chi connectivity index (χ1v) is 11.0. The number of nitrogens with two attached hydrogens (primary N) is 1. The molecule has 0 aliphatic heterocycles. The van der Waals surface area contributed by atoms with Crippen LogP contribution >= 0.6 is 11.8 Å². The summed E-state index contributed by atoms with van der Waals surface area (Å²) >= 11 is 0.719. The Morgan fingerprint density at radius 2 is 1.59 bits per heavy atom. The number of nitrogen functional groups attached to an aromatic ring is 1. The van der Waals surface area contributed by atoms with Crippen LogP contribution in [0.5, 0.6) is 0 Å². The van der Waals surface area contributed by atoms with Gasteiger partial charge in [-0.15, -0.1) is 0 Å². The van der Waals surface area contributed by atoms with Crippen molar-refractivity contribution in [2.75, 3.05) is 5.73 Å². The highest BCUT2D eigenvalue weighted by molar-refractivity contribution is 8.14. The van der Waals surface area contributed by atoms with Gasteiger partial charge in [0.1, 0.15) is 5.25 Å². The van der Waals surface area contributed by atoms with Crippen LogP contribution in [0.2, 0.25) is 0 Å². The molecule has 0 aliphatic carbocycles. The van der Waals surface area contributed by atoms with Crippen molar-refractivity contribution in [3.05, 3.63) is 90.0 Å².